The first kappa shape index (κ1) is 37.6. The van der Waals surface area contributed by atoms with E-state index in [1.807, 2.05) is 72.6 Å². The van der Waals surface area contributed by atoms with Gasteiger partial charge in [0.1, 0.15) is 23.7 Å². The molecule has 2 saturated heterocycles. The zero-order chi connectivity index (χ0) is 39.6. The van der Waals surface area contributed by atoms with Crippen LogP contribution in [0.3, 0.4) is 0 Å². The maximum atomic E-state index is 13.6. The maximum absolute atomic E-state index is 13.6. The molecular weight excluding hydrogens is 719 g/mol. The van der Waals surface area contributed by atoms with Crippen LogP contribution >= 0.6 is 0 Å². The van der Waals surface area contributed by atoms with Crippen molar-refractivity contribution in [3.63, 3.8) is 0 Å². The molecule has 0 bridgehead atoms. The highest BCUT2D eigenvalue weighted by Crippen LogP contribution is 2.36. The van der Waals surface area contributed by atoms with Crippen molar-refractivity contribution >= 4 is 28.8 Å². The average molecular weight is 766 g/mol. The molecule has 3 amide bonds. The fraction of sp³-hybridized carbons (Fsp3) is 0.318. The number of nitrogens with two attached hydrogens (primary N) is 1. The van der Waals surface area contributed by atoms with Gasteiger partial charge < -0.3 is 35.6 Å². The number of aromatic amines is 2. The van der Waals surface area contributed by atoms with Crippen LogP contribution in [0.25, 0.3) is 44.5 Å². The Balaban J connectivity index is 0.939. The zero-order valence-corrected chi connectivity index (χ0v) is 32.3. The number of fused-ring (bicyclic) bond motifs is 1. The molecule has 5 heterocycles. The number of amides is 3. The Morgan fingerprint density at radius 3 is 1.96 bits per heavy atom. The highest BCUT2D eigenvalue weighted by atomic mass is 16.5. The molecule has 292 valence electrons. The van der Waals surface area contributed by atoms with Crippen LogP contribution in [0, 0.1) is 5.92 Å². The summed E-state index contributed by atoms with van der Waals surface area (Å²) in [5.74, 6) is 1.15. The van der Waals surface area contributed by atoms with Gasteiger partial charge in [0.25, 0.3) is 0 Å². The first-order chi connectivity index (χ1) is 27.7. The van der Waals surface area contributed by atoms with E-state index in [2.05, 4.69) is 68.8 Å². The van der Waals surface area contributed by atoms with Gasteiger partial charge >= 0.3 is 6.09 Å². The summed E-state index contributed by atoms with van der Waals surface area (Å²) in [6.45, 7) is 5.05. The molecule has 4 atom stereocenters. The van der Waals surface area contributed by atoms with E-state index >= 15 is 0 Å². The molecule has 3 aromatic heterocycles. The Hall–Kier alpha value is -6.34. The van der Waals surface area contributed by atoms with Crippen molar-refractivity contribution in [2.45, 2.75) is 63.7 Å². The monoisotopic (exact) mass is 765 g/mol. The summed E-state index contributed by atoms with van der Waals surface area (Å²) in [4.78, 5) is 63.7. The van der Waals surface area contributed by atoms with Crippen LogP contribution in [0.15, 0.2) is 97.5 Å². The van der Waals surface area contributed by atoms with Gasteiger partial charge in [0.05, 0.1) is 48.5 Å². The van der Waals surface area contributed by atoms with Gasteiger partial charge in [-0.1, -0.05) is 80.6 Å². The number of ether oxygens (including phenoxy) is 1. The minimum absolute atomic E-state index is 0.0937. The molecule has 2 fully saturated rings. The Kier molecular flexibility index (Phi) is 10.6. The number of imidazole rings is 2. The first-order valence-electron chi connectivity index (χ1n) is 19.5. The number of alkyl carbamates (subject to hydrolysis) is 1. The number of likely N-dealkylation sites (tertiary alicyclic amines) is 2. The fourth-order valence-electron chi connectivity index (χ4n) is 8.09. The predicted molar refractivity (Wildman–Crippen MR) is 217 cm³/mol. The van der Waals surface area contributed by atoms with Crippen molar-refractivity contribution in [3.05, 3.63) is 115 Å². The van der Waals surface area contributed by atoms with Gasteiger partial charge in [0.2, 0.25) is 11.8 Å². The molecule has 0 aliphatic carbocycles. The third-order valence-corrected chi connectivity index (χ3v) is 11.2. The number of aromatic nitrogens is 5. The number of pyridine rings is 1. The summed E-state index contributed by atoms with van der Waals surface area (Å²) < 4.78 is 4.76. The summed E-state index contributed by atoms with van der Waals surface area (Å²) in [6, 6.07) is 24.4. The van der Waals surface area contributed by atoms with E-state index in [4.69, 9.17) is 20.4 Å². The minimum Gasteiger partial charge on any atom is -0.453 e. The lowest BCUT2D eigenvalue weighted by Gasteiger charge is -2.30. The van der Waals surface area contributed by atoms with E-state index in [-0.39, 0.29) is 29.8 Å². The van der Waals surface area contributed by atoms with E-state index in [0.717, 1.165) is 87.4 Å². The lowest BCUT2D eigenvalue weighted by Crippen LogP contribution is -2.51. The number of methoxy groups -OCH3 is 1. The standard InChI is InChI=1S/C44H47N9O4/c1-26(2)39(51-44(56)57-3)43(55)53-20-8-12-37(53)41-47-24-34(49-41)28-15-13-27(14-16-28)30-17-18-31-21-32(23-46-33(31)22-30)35-25-48-40(50-35)36-11-7-19-52(36)42(54)38(45)29-9-5-4-6-10-29/h4-6,9-10,13-18,21-26,36-39H,7-8,11-12,19-20,45H2,1-3H3,(H,47,49)(H,48,50)(H,51,56)/t36-,37-,38+,39-/m0/s1. The highest BCUT2D eigenvalue weighted by Gasteiger charge is 2.38. The molecule has 57 heavy (non-hydrogen) atoms. The smallest absolute Gasteiger partial charge is 0.407 e. The van der Waals surface area contributed by atoms with Gasteiger partial charge in [-0.3, -0.25) is 14.6 Å². The van der Waals surface area contributed by atoms with Gasteiger partial charge in [-0.25, -0.2) is 14.8 Å². The Labute approximate surface area is 331 Å². The second-order valence-corrected chi connectivity index (χ2v) is 15.2. The van der Waals surface area contributed by atoms with E-state index in [1.165, 1.54) is 7.11 Å². The number of carbonyl (C=O) groups is 3. The molecule has 2 aliphatic heterocycles. The lowest BCUT2D eigenvalue weighted by molar-refractivity contribution is -0.135. The number of rotatable bonds is 10. The van der Waals surface area contributed by atoms with Crippen molar-refractivity contribution < 1.29 is 19.1 Å². The Morgan fingerprint density at radius 1 is 0.737 bits per heavy atom. The molecule has 13 nitrogen and oxygen atoms in total. The molecule has 0 saturated carbocycles. The number of hydrogen-bond acceptors (Lipinski definition) is 8. The zero-order valence-electron chi connectivity index (χ0n) is 32.3. The molecule has 2 aliphatic rings. The summed E-state index contributed by atoms with van der Waals surface area (Å²) in [5, 5.41) is 3.70. The summed E-state index contributed by atoms with van der Waals surface area (Å²) >= 11 is 0. The molecule has 3 aromatic carbocycles. The van der Waals surface area contributed by atoms with Crippen molar-refractivity contribution in [3.8, 4) is 33.6 Å². The SMILES string of the molecule is COC(=O)N[C@H](C(=O)N1CCC[C@H]1c1ncc(-c2ccc(-c3ccc4cc(-c5cnc([C@@H]6CCCN6C(=O)[C@H](N)c6ccccc6)[nH]5)cnc4c3)cc2)[nH]1)C(C)C. The molecule has 0 unspecified atom stereocenters. The molecule has 13 heteroatoms. The van der Waals surface area contributed by atoms with E-state index < -0.39 is 18.2 Å². The predicted octanol–water partition coefficient (Wildman–Crippen LogP) is 7.09. The van der Waals surface area contributed by atoms with E-state index in [0.29, 0.717) is 13.1 Å². The molecule has 0 radical (unpaired) electrons. The normalized spacial score (nSPS) is 17.9. The molecule has 6 aromatic rings. The van der Waals surface area contributed by atoms with Crippen LogP contribution in [0.4, 0.5) is 4.79 Å². The largest absolute Gasteiger partial charge is 0.453 e. The lowest BCUT2D eigenvalue weighted by atomic mass is 10.0. The van der Waals surface area contributed by atoms with Crippen molar-refractivity contribution in [2.75, 3.05) is 20.2 Å². The van der Waals surface area contributed by atoms with Crippen molar-refractivity contribution in [2.24, 2.45) is 11.7 Å². The van der Waals surface area contributed by atoms with Gasteiger partial charge in [0, 0.05) is 30.2 Å². The van der Waals surface area contributed by atoms with Crippen LogP contribution in [0.1, 0.15) is 74.9 Å². The highest BCUT2D eigenvalue weighted by molar-refractivity contribution is 5.88. The van der Waals surface area contributed by atoms with Gasteiger partial charge in [-0.05, 0) is 66.0 Å². The van der Waals surface area contributed by atoms with Gasteiger partial charge in [-0.2, -0.15) is 0 Å². The van der Waals surface area contributed by atoms with Crippen LogP contribution in [0.2, 0.25) is 0 Å². The quantitative estimate of drug-likeness (QED) is 0.114. The van der Waals surface area contributed by atoms with Crippen LogP contribution in [-0.4, -0.2) is 78.9 Å². The van der Waals surface area contributed by atoms with Gasteiger partial charge in [0.15, 0.2) is 0 Å². The number of nitrogens with one attached hydrogen (secondary N) is 3. The molecule has 5 N–H and O–H groups in total. The summed E-state index contributed by atoms with van der Waals surface area (Å²) in [6.07, 6.45) is 8.20. The third-order valence-electron chi connectivity index (χ3n) is 11.2. The minimum atomic E-state index is -0.713. The second kappa shape index (κ2) is 16.0. The first-order valence-corrected chi connectivity index (χ1v) is 19.5. The molecular formula is C44H47N9O4. The van der Waals surface area contributed by atoms with Crippen LogP contribution in [0.5, 0.6) is 0 Å². The summed E-state index contributed by atoms with van der Waals surface area (Å²) in [5.41, 5.74) is 13.8. The van der Waals surface area contributed by atoms with Crippen LogP contribution < -0.4 is 11.1 Å². The average Bonchev–Trinajstić information content (AvgIpc) is 4.09. The number of benzene rings is 3. The summed E-state index contributed by atoms with van der Waals surface area (Å²) in [7, 11) is 1.29. The molecule has 0 spiro atoms. The Bertz CT molecular complexity index is 2390. The van der Waals surface area contributed by atoms with Gasteiger partial charge in [-0.15, -0.1) is 0 Å². The molecule has 8 rings (SSSR count). The topological polar surface area (TPSA) is 175 Å². The number of carbonyl (C=O) groups excluding carboxylic acids is 3. The van der Waals surface area contributed by atoms with E-state index in [9.17, 15) is 14.4 Å². The van der Waals surface area contributed by atoms with E-state index in [1.54, 1.807) is 0 Å². The van der Waals surface area contributed by atoms with Crippen molar-refractivity contribution in [1.29, 1.82) is 0 Å². The fourth-order valence-corrected chi connectivity index (χ4v) is 8.09. The second-order valence-electron chi connectivity index (χ2n) is 15.2. The van der Waals surface area contributed by atoms with Crippen LogP contribution in [-0.2, 0) is 14.3 Å². The number of nitrogens with zero attached hydrogens (tertiary/aromatic N) is 5. The van der Waals surface area contributed by atoms with Crippen molar-refractivity contribution in [1.82, 2.24) is 40.0 Å². The third kappa shape index (κ3) is 7.62. The number of H-pyrrole nitrogens is 2. The maximum Gasteiger partial charge on any atom is 0.407 e. The Morgan fingerprint density at radius 2 is 1.33 bits per heavy atom. The number of hydrogen-bond donors (Lipinski definition) is 4.